The van der Waals surface area contributed by atoms with Crippen molar-refractivity contribution in [2.75, 3.05) is 7.11 Å². The minimum atomic E-state index is -0.737. The number of hydrogen-bond donors (Lipinski definition) is 1. The van der Waals surface area contributed by atoms with Crippen LogP contribution >= 0.6 is 0 Å². The summed E-state index contributed by atoms with van der Waals surface area (Å²) in [5.41, 5.74) is 0.322. The van der Waals surface area contributed by atoms with Gasteiger partial charge in [-0.2, -0.15) is 9.78 Å². The molecule has 34 heavy (non-hydrogen) atoms. The molecule has 1 N–H and O–H groups in total. The average molecular weight is 456 g/mol. The maximum Gasteiger partial charge on any atom is 0.315 e. The van der Waals surface area contributed by atoms with Crippen LogP contribution in [-0.2, 0) is 0 Å². The third kappa shape index (κ3) is 3.52. The summed E-state index contributed by atoms with van der Waals surface area (Å²) < 4.78 is 12.0. The summed E-state index contributed by atoms with van der Waals surface area (Å²) in [5, 5.41) is 26.8. The van der Waals surface area contributed by atoms with E-state index < -0.39 is 21.9 Å². The van der Waals surface area contributed by atoms with Crippen molar-refractivity contribution in [1.29, 1.82) is 0 Å². The van der Waals surface area contributed by atoms with Crippen LogP contribution in [0.3, 0.4) is 0 Å². The van der Waals surface area contributed by atoms with E-state index in [9.17, 15) is 20.0 Å². The van der Waals surface area contributed by atoms with E-state index in [2.05, 4.69) is 10.1 Å². The van der Waals surface area contributed by atoms with Gasteiger partial charge in [-0.3, -0.25) is 14.9 Å². The summed E-state index contributed by atoms with van der Waals surface area (Å²) in [6.07, 6.45) is 1.25. The molecule has 10 heteroatoms. The molecule has 0 atom stereocenters. The van der Waals surface area contributed by atoms with E-state index >= 15 is 0 Å². The van der Waals surface area contributed by atoms with E-state index in [0.717, 1.165) is 16.1 Å². The van der Waals surface area contributed by atoms with Crippen LogP contribution in [0.15, 0.2) is 81.0 Å². The van der Waals surface area contributed by atoms with Crippen molar-refractivity contribution < 1.29 is 19.2 Å². The Morgan fingerprint density at radius 3 is 2.68 bits per heavy atom. The molecule has 0 aliphatic heterocycles. The summed E-state index contributed by atoms with van der Waals surface area (Å²) in [4.78, 5) is 28.5. The molecule has 2 heterocycles. The number of benzene rings is 3. The maximum absolute atomic E-state index is 13.3. The van der Waals surface area contributed by atoms with Gasteiger partial charge in [0.1, 0.15) is 5.58 Å². The molecule has 0 aliphatic rings. The normalized spacial score (nSPS) is 11.4. The third-order valence-electron chi connectivity index (χ3n) is 5.22. The first-order chi connectivity index (χ1) is 16.5. The van der Waals surface area contributed by atoms with Crippen molar-refractivity contribution >= 4 is 33.8 Å². The van der Waals surface area contributed by atoms with Gasteiger partial charge in [0.25, 0.3) is 5.56 Å². The summed E-state index contributed by atoms with van der Waals surface area (Å²) in [5.74, 6) is -0.207. The Hall–Kier alpha value is -4.99. The molecule has 0 saturated carbocycles. The van der Waals surface area contributed by atoms with Crippen LogP contribution in [0.1, 0.15) is 5.56 Å². The largest absolute Gasteiger partial charge is 0.500 e. The summed E-state index contributed by atoms with van der Waals surface area (Å²) in [6, 6.07) is 18.5. The average Bonchev–Trinajstić information content (AvgIpc) is 3.28. The molecule has 0 radical (unpaired) electrons. The number of aromatic nitrogens is 2. The fourth-order valence-electron chi connectivity index (χ4n) is 3.59. The van der Waals surface area contributed by atoms with Crippen LogP contribution in [0.2, 0.25) is 0 Å². The van der Waals surface area contributed by atoms with Crippen LogP contribution in [0.25, 0.3) is 33.5 Å². The lowest BCUT2D eigenvalue weighted by molar-refractivity contribution is -0.386. The molecule has 0 bridgehead atoms. The van der Waals surface area contributed by atoms with Gasteiger partial charge in [0.2, 0.25) is 11.6 Å². The summed E-state index contributed by atoms with van der Waals surface area (Å²) in [7, 11) is 1.27. The number of ether oxygens (including phenoxy) is 1. The number of nitro groups is 1. The molecule has 168 valence electrons. The number of hydrogen-bond acceptors (Lipinski definition) is 8. The standard InChI is InChI=1S/C24H16N4O6/c1-33-20-11-14(10-18(22(20)29)28(31)32)13-25-27-23(21-12-15-6-2-5-9-19(15)34-21)26-17-8-4-3-7-16(17)24(27)30/h2-13,29H,1H3. The first kappa shape index (κ1) is 20.9. The lowest BCUT2D eigenvalue weighted by Crippen LogP contribution is -2.20. The fraction of sp³-hybridized carbons (Fsp3) is 0.0417. The molecule has 5 aromatic rings. The number of fused-ring (bicyclic) bond motifs is 2. The van der Waals surface area contributed by atoms with E-state index in [4.69, 9.17) is 9.15 Å². The minimum Gasteiger partial charge on any atom is -0.500 e. The first-order valence-corrected chi connectivity index (χ1v) is 10.1. The van der Waals surface area contributed by atoms with Crippen molar-refractivity contribution in [3.05, 3.63) is 92.8 Å². The Balaban J connectivity index is 1.72. The van der Waals surface area contributed by atoms with Crippen molar-refractivity contribution in [3.63, 3.8) is 0 Å². The number of aromatic hydroxyl groups is 1. The zero-order chi connectivity index (χ0) is 23.8. The highest BCUT2D eigenvalue weighted by Crippen LogP contribution is 2.36. The Bertz CT molecular complexity index is 1640. The van der Waals surface area contributed by atoms with Gasteiger partial charge in [-0.25, -0.2) is 4.98 Å². The molecule has 2 aromatic heterocycles. The molecule has 3 aromatic carbocycles. The second-order valence-corrected chi connectivity index (χ2v) is 7.31. The molecule has 10 nitrogen and oxygen atoms in total. The highest BCUT2D eigenvalue weighted by Gasteiger charge is 2.20. The highest BCUT2D eigenvalue weighted by atomic mass is 16.6. The van der Waals surface area contributed by atoms with Gasteiger partial charge < -0.3 is 14.3 Å². The summed E-state index contributed by atoms with van der Waals surface area (Å²) in [6.45, 7) is 0. The lowest BCUT2D eigenvalue weighted by atomic mass is 10.2. The van der Waals surface area contributed by atoms with Gasteiger partial charge in [-0.15, -0.1) is 0 Å². The maximum atomic E-state index is 13.3. The predicted molar refractivity (Wildman–Crippen MR) is 126 cm³/mol. The van der Waals surface area contributed by atoms with Gasteiger partial charge in [-0.05, 0) is 30.3 Å². The van der Waals surface area contributed by atoms with Gasteiger partial charge in [0, 0.05) is 17.0 Å². The van der Waals surface area contributed by atoms with Gasteiger partial charge in [-0.1, -0.05) is 30.3 Å². The molecule has 0 spiro atoms. The third-order valence-corrected chi connectivity index (χ3v) is 5.22. The molecule has 0 unspecified atom stereocenters. The van der Waals surface area contributed by atoms with E-state index in [1.54, 1.807) is 36.4 Å². The monoisotopic (exact) mass is 456 g/mol. The predicted octanol–water partition coefficient (Wildman–Crippen LogP) is 4.31. The second-order valence-electron chi connectivity index (χ2n) is 7.31. The molecular weight excluding hydrogens is 440 g/mol. The minimum absolute atomic E-state index is 0.0999. The zero-order valence-electron chi connectivity index (χ0n) is 17.7. The van der Waals surface area contributed by atoms with Crippen molar-refractivity contribution in [3.8, 4) is 23.1 Å². The van der Waals surface area contributed by atoms with Crippen LogP contribution in [0, 0.1) is 10.1 Å². The number of methoxy groups -OCH3 is 1. The number of phenols is 1. The Morgan fingerprint density at radius 2 is 1.91 bits per heavy atom. The Kier molecular flexibility index (Phi) is 5.02. The quantitative estimate of drug-likeness (QED) is 0.237. The lowest BCUT2D eigenvalue weighted by Gasteiger charge is -2.08. The van der Waals surface area contributed by atoms with Crippen molar-refractivity contribution in [1.82, 2.24) is 9.66 Å². The van der Waals surface area contributed by atoms with Crippen molar-refractivity contribution in [2.24, 2.45) is 5.10 Å². The topological polar surface area (TPSA) is 133 Å². The Morgan fingerprint density at radius 1 is 1.15 bits per heavy atom. The number of para-hydroxylation sites is 2. The molecular formula is C24H16N4O6. The SMILES string of the molecule is COc1cc(C=Nn2c(-c3cc4ccccc4o3)nc3ccccc3c2=O)cc([N+](=O)[O-])c1O. The van der Waals surface area contributed by atoms with E-state index in [-0.39, 0.29) is 17.1 Å². The number of furan rings is 1. The smallest absolute Gasteiger partial charge is 0.315 e. The van der Waals surface area contributed by atoms with Crippen LogP contribution in [0.5, 0.6) is 11.5 Å². The van der Waals surface area contributed by atoms with Gasteiger partial charge in [0.05, 0.1) is 29.2 Å². The number of rotatable bonds is 5. The summed E-state index contributed by atoms with van der Waals surface area (Å²) >= 11 is 0. The molecule has 0 saturated heterocycles. The number of nitro benzene ring substituents is 1. The van der Waals surface area contributed by atoms with E-state index in [0.29, 0.717) is 22.2 Å². The fourth-order valence-corrected chi connectivity index (χ4v) is 3.59. The van der Waals surface area contributed by atoms with Crippen LogP contribution < -0.4 is 10.3 Å². The molecule has 0 fully saturated rings. The first-order valence-electron chi connectivity index (χ1n) is 10.1. The number of nitrogens with zero attached hydrogens (tertiary/aromatic N) is 4. The van der Waals surface area contributed by atoms with Gasteiger partial charge in [0.15, 0.2) is 11.5 Å². The van der Waals surface area contributed by atoms with Crippen molar-refractivity contribution in [2.45, 2.75) is 0 Å². The highest BCUT2D eigenvalue weighted by molar-refractivity contribution is 5.85. The van der Waals surface area contributed by atoms with Crippen LogP contribution in [0.4, 0.5) is 5.69 Å². The Labute approximate surface area is 191 Å². The zero-order valence-corrected chi connectivity index (χ0v) is 17.7. The molecule has 0 amide bonds. The van der Waals surface area contributed by atoms with E-state index in [1.165, 1.54) is 19.4 Å². The van der Waals surface area contributed by atoms with Gasteiger partial charge >= 0.3 is 5.69 Å². The van der Waals surface area contributed by atoms with E-state index in [1.807, 2.05) is 18.2 Å². The molecule has 0 aliphatic carbocycles. The molecule has 5 rings (SSSR count). The second kappa shape index (κ2) is 8.17. The number of phenolic OH excluding ortho intramolecular Hbond substituents is 1. The van der Waals surface area contributed by atoms with Crippen LogP contribution in [-0.4, -0.2) is 33.0 Å².